The topological polar surface area (TPSA) is 131 Å². The first-order valence-corrected chi connectivity index (χ1v) is 7.46. The lowest BCUT2D eigenvalue weighted by atomic mass is 10.1. The van der Waals surface area contributed by atoms with Crippen LogP contribution in [0, 0.1) is 0 Å². The van der Waals surface area contributed by atoms with E-state index in [-0.39, 0.29) is 19.6 Å². The maximum absolute atomic E-state index is 9.81. The van der Waals surface area contributed by atoms with Crippen molar-refractivity contribution in [2.45, 2.75) is 63.9 Å². The predicted molar refractivity (Wildman–Crippen MR) is 78.6 cm³/mol. The standard InChI is InChI=1S/C11H24O4.C3H8O3/c1-3-5-6-7-8-15-11(14,4-2)10(13)9-12;4-1-3(6)2-5/h10,12-14H,3-9H2,1-2H3;3-6H,1-2H2. The van der Waals surface area contributed by atoms with Crippen molar-refractivity contribution >= 4 is 0 Å². The Morgan fingerprint density at radius 2 is 1.48 bits per heavy atom. The van der Waals surface area contributed by atoms with Crippen molar-refractivity contribution in [1.29, 1.82) is 0 Å². The monoisotopic (exact) mass is 312 g/mol. The zero-order chi connectivity index (χ0) is 16.7. The molecule has 6 N–H and O–H groups in total. The molecule has 2 atom stereocenters. The van der Waals surface area contributed by atoms with E-state index in [2.05, 4.69) is 6.92 Å². The van der Waals surface area contributed by atoms with Gasteiger partial charge in [-0.2, -0.15) is 0 Å². The molecule has 0 aromatic carbocycles. The van der Waals surface area contributed by atoms with Crippen LogP contribution in [-0.4, -0.2) is 75.1 Å². The second-order valence-electron chi connectivity index (χ2n) is 4.82. The molecule has 0 spiro atoms. The van der Waals surface area contributed by atoms with Gasteiger partial charge in [-0.15, -0.1) is 0 Å². The zero-order valence-electron chi connectivity index (χ0n) is 13.1. The van der Waals surface area contributed by atoms with Crippen molar-refractivity contribution in [3.05, 3.63) is 0 Å². The summed E-state index contributed by atoms with van der Waals surface area (Å²) in [6.45, 7) is 3.04. The van der Waals surface area contributed by atoms with Gasteiger partial charge in [0.25, 0.3) is 0 Å². The van der Waals surface area contributed by atoms with E-state index >= 15 is 0 Å². The molecule has 0 aliphatic heterocycles. The number of unbranched alkanes of at least 4 members (excludes halogenated alkanes) is 3. The van der Waals surface area contributed by atoms with Crippen molar-refractivity contribution in [2.75, 3.05) is 26.4 Å². The van der Waals surface area contributed by atoms with Gasteiger partial charge in [-0.05, 0) is 6.42 Å². The molecule has 7 heteroatoms. The summed E-state index contributed by atoms with van der Waals surface area (Å²) in [6.07, 6.45) is 2.31. The van der Waals surface area contributed by atoms with Crippen molar-refractivity contribution < 1.29 is 35.4 Å². The molecule has 0 heterocycles. The number of aliphatic hydroxyl groups is 6. The lowest BCUT2D eigenvalue weighted by Crippen LogP contribution is -2.46. The predicted octanol–water partition coefficient (Wildman–Crippen LogP) is -0.633. The molecule has 0 rings (SSSR count). The summed E-state index contributed by atoms with van der Waals surface area (Å²) in [5.74, 6) is -1.60. The van der Waals surface area contributed by atoms with Crippen molar-refractivity contribution in [1.82, 2.24) is 0 Å². The van der Waals surface area contributed by atoms with Crippen LogP contribution < -0.4 is 0 Å². The molecule has 0 bridgehead atoms. The van der Waals surface area contributed by atoms with Gasteiger partial charge in [0.2, 0.25) is 0 Å². The first-order chi connectivity index (χ1) is 9.91. The summed E-state index contributed by atoms with van der Waals surface area (Å²) < 4.78 is 5.22. The van der Waals surface area contributed by atoms with Crippen molar-refractivity contribution in [2.24, 2.45) is 0 Å². The molecule has 0 saturated carbocycles. The van der Waals surface area contributed by atoms with Crippen LogP contribution >= 0.6 is 0 Å². The number of aliphatic hydroxyl groups excluding tert-OH is 5. The molecule has 0 aromatic heterocycles. The Kier molecular flexibility index (Phi) is 16.0. The summed E-state index contributed by atoms with van der Waals surface area (Å²) in [6, 6.07) is 0. The van der Waals surface area contributed by atoms with Crippen LogP contribution in [0.4, 0.5) is 0 Å². The third-order valence-electron chi connectivity index (χ3n) is 2.97. The van der Waals surface area contributed by atoms with Gasteiger partial charge in [-0.1, -0.05) is 33.1 Å². The number of hydrogen-bond acceptors (Lipinski definition) is 7. The van der Waals surface area contributed by atoms with Crippen LogP contribution in [-0.2, 0) is 4.74 Å². The van der Waals surface area contributed by atoms with E-state index in [9.17, 15) is 10.2 Å². The van der Waals surface area contributed by atoms with Crippen molar-refractivity contribution in [3.8, 4) is 0 Å². The highest BCUT2D eigenvalue weighted by atomic mass is 16.6. The quantitative estimate of drug-likeness (QED) is 0.221. The molecule has 7 nitrogen and oxygen atoms in total. The first kappa shape index (κ1) is 23.0. The molecule has 0 saturated heterocycles. The van der Waals surface area contributed by atoms with Gasteiger partial charge >= 0.3 is 0 Å². The Morgan fingerprint density at radius 3 is 1.81 bits per heavy atom. The molecular weight excluding hydrogens is 280 g/mol. The largest absolute Gasteiger partial charge is 0.394 e. The third-order valence-corrected chi connectivity index (χ3v) is 2.97. The molecule has 0 fully saturated rings. The van der Waals surface area contributed by atoms with Crippen LogP contribution in [0.25, 0.3) is 0 Å². The van der Waals surface area contributed by atoms with Gasteiger partial charge in [0.1, 0.15) is 12.2 Å². The van der Waals surface area contributed by atoms with Gasteiger partial charge in [0.05, 0.1) is 26.4 Å². The Labute approximate surface area is 126 Å². The van der Waals surface area contributed by atoms with E-state index in [1.165, 1.54) is 0 Å². The second kappa shape index (κ2) is 14.6. The van der Waals surface area contributed by atoms with E-state index < -0.39 is 24.6 Å². The average Bonchev–Trinajstić information content (AvgIpc) is 2.53. The Hall–Kier alpha value is -0.280. The minimum absolute atomic E-state index is 0.266. The van der Waals surface area contributed by atoms with E-state index in [1.807, 2.05) is 0 Å². The third kappa shape index (κ3) is 12.0. The molecule has 130 valence electrons. The fraction of sp³-hybridized carbons (Fsp3) is 1.00. The fourth-order valence-corrected chi connectivity index (χ4v) is 1.41. The second-order valence-corrected chi connectivity index (χ2v) is 4.82. The number of ether oxygens (including phenoxy) is 1. The van der Waals surface area contributed by atoms with Crippen LogP contribution in [0.5, 0.6) is 0 Å². The smallest absolute Gasteiger partial charge is 0.193 e. The molecule has 0 amide bonds. The van der Waals surface area contributed by atoms with Gasteiger partial charge in [0.15, 0.2) is 5.79 Å². The summed E-state index contributed by atoms with van der Waals surface area (Å²) in [7, 11) is 0. The van der Waals surface area contributed by atoms with Crippen LogP contribution in [0.1, 0.15) is 46.0 Å². The molecule has 21 heavy (non-hydrogen) atoms. The van der Waals surface area contributed by atoms with Gasteiger partial charge in [-0.3, -0.25) is 0 Å². The number of hydrogen-bond donors (Lipinski definition) is 6. The molecule has 0 aliphatic carbocycles. The Morgan fingerprint density at radius 1 is 0.905 bits per heavy atom. The van der Waals surface area contributed by atoms with E-state index in [1.54, 1.807) is 6.92 Å². The summed E-state index contributed by atoms with van der Waals surface area (Å²) >= 11 is 0. The highest BCUT2D eigenvalue weighted by Crippen LogP contribution is 2.18. The minimum atomic E-state index is -1.60. The van der Waals surface area contributed by atoms with E-state index in [0.717, 1.165) is 25.7 Å². The molecule has 2 unspecified atom stereocenters. The fourth-order valence-electron chi connectivity index (χ4n) is 1.41. The van der Waals surface area contributed by atoms with Gasteiger partial charge in [0, 0.05) is 6.42 Å². The highest BCUT2D eigenvalue weighted by Gasteiger charge is 2.34. The summed E-state index contributed by atoms with van der Waals surface area (Å²) in [4.78, 5) is 0. The molecule has 0 radical (unpaired) electrons. The minimum Gasteiger partial charge on any atom is -0.394 e. The maximum Gasteiger partial charge on any atom is 0.193 e. The molecular formula is C14H32O7. The van der Waals surface area contributed by atoms with E-state index in [0.29, 0.717) is 6.61 Å². The molecule has 0 aromatic rings. The SMILES string of the molecule is CCCCCCOC(O)(CC)C(O)CO.OCC(O)CO. The van der Waals surface area contributed by atoms with E-state index in [4.69, 9.17) is 25.2 Å². The average molecular weight is 312 g/mol. The van der Waals surface area contributed by atoms with Gasteiger partial charge < -0.3 is 35.4 Å². The van der Waals surface area contributed by atoms with Gasteiger partial charge in [-0.25, -0.2) is 0 Å². The maximum atomic E-state index is 9.81. The summed E-state index contributed by atoms with van der Waals surface area (Å²) in [5, 5.41) is 51.9. The first-order valence-electron chi connectivity index (χ1n) is 7.46. The lowest BCUT2D eigenvalue weighted by molar-refractivity contribution is -0.264. The highest BCUT2D eigenvalue weighted by molar-refractivity contribution is 4.74. The Balaban J connectivity index is 0. The summed E-state index contributed by atoms with van der Waals surface area (Å²) in [5.41, 5.74) is 0. The number of rotatable bonds is 11. The van der Waals surface area contributed by atoms with Crippen LogP contribution in [0.3, 0.4) is 0 Å². The lowest BCUT2D eigenvalue weighted by Gasteiger charge is -2.30. The zero-order valence-corrected chi connectivity index (χ0v) is 13.1. The van der Waals surface area contributed by atoms with Crippen LogP contribution in [0.2, 0.25) is 0 Å². The Bertz CT molecular complexity index is 211. The molecule has 0 aliphatic rings. The normalized spacial score (nSPS) is 15.3. The van der Waals surface area contributed by atoms with Crippen molar-refractivity contribution in [3.63, 3.8) is 0 Å². The van der Waals surface area contributed by atoms with Crippen LogP contribution in [0.15, 0.2) is 0 Å².